The third kappa shape index (κ3) is 3.60. The molecule has 0 aliphatic rings. The van der Waals surface area contributed by atoms with Crippen LogP contribution in [0, 0.1) is 5.82 Å². The lowest BCUT2D eigenvalue weighted by atomic mass is 10.1. The van der Waals surface area contributed by atoms with E-state index >= 15 is 0 Å². The van der Waals surface area contributed by atoms with E-state index in [2.05, 4.69) is 0 Å². The van der Waals surface area contributed by atoms with Crippen molar-refractivity contribution in [2.45, 2.75) is 0 Å². The molecule has 2 aromatic carbocycles. The molecule has 0 spiro atoms. The van der Waals surface area contributed by atoms with Crippen LogP contribution >= 0.6 is 0 Å². The number of ether oxygens (including phenoxy) is 2. The summed E-state index contributed by atoms with van der Waals surface area (Å²) in [5.74, 6) is -0.769. The molecule has 0 aromatic heterocycles. The van der Waals surface area contributed by atoms with E-state index < -0.39 is 11.7 Å². The molecule has 2 aromatic rings. The maximum Gasteiger partial charge on any atom is 0.252 e. The van der Waals surface area contributed by atoms with Gasteiger partial charge < -0.3 is 20.3 Å². The lowest BCUT2D eigenvalue weighted by molar-refractivity contribution is 0.0997. The molecule has 120 valence electrons. The summed E-state index contributed by atoms with van der Waals surface area (Å²) in [7, 11) is 3.05. The third-order valence-electron chi connectivity index (χ3n) is 3.25. The molecule has 0 heterocycles. The zero-order chi connectivity index (χ0) is 17.0. The maximum absolute atomic E-state index is 13.5. The fourth-order valence-corrected chi connectivity index (χ4v) is 2.07. The van der Waals surface area contributed by atoms with Crippen LogP contribution in [-0.4, -0.2) is 25.2 Å². The summed E-state index contributed by atoms with van der Waals surface area (Å²) in [6, 6.07) is 7.18. The van der Waals surface area contributed by atoms with Crippen LogP contribution in [0.1, 0.15) is 21.5 Å². The molecular weight excluding hydrogens is 301 g/mol. The van der Waals surface area contributed by atoms with Gasteiger partial charge in [0.25, 0.3) is 5.91 Å². The first kappa shape index (κ1) is 16.4. The molecule has 0 saturated carbocycles. The summed E-state index contributed by atoms with van der Waals surface area (Å²) in [5.41, 5.74) is 5.67. The Morgan fingerprint density at radius 3 is 2.43 bits per heavy atom. The molecule has 0 aliphatic carbocycles. The van der Waals surface area contributed by atoms with Crippen molar-refractivity contribution in [3.05, 3.63) is 52.8 Å². The Bertz CT molecular complexity index is 771. The number of rotatable bonds is 5. The molecule has 0 saturated heterocycles. The number of halogens is 1. The second-order valence-corrected chi connectivity index (χ2v) is 4.70. The fraction of sp³-hybridized carbons (Fsp3) is 0.118. The predicted octanol–water partition coefficient (Wildman–Crippen LogP) is 2.82. The molecule has 0 unspecified atom stereocenters. The van der Waals surface area contributed by atoms with E-state index in [1.54, 1.807) is 31.4 Å². The van der Waals surface area contributed by atoms with Gasteiger partial charge in [0.05, 0.1) is 19.8 Å². The van der Waals surface area contributed by atoms with Crippen LogP contribution in [-0.2, 0) is 0 Å². The average Bonchev–Trinajstić information content (AvgIpc) is 2.54. The zero-order valence-corrected chi connectivity index (χ0v) is 12.7. The standard InChI is InChI=1S/C17H16FNO4/c1-22-13-6-5-10(15(9-13)23-2)3-4-11-7-12(18)8-14(16(11)20)17(19)21/h3-9,20H,1-2H3,(H2,19,21)/b4-3+. The second kappa shape index (κ2) is 6.83. The number of hydrogen-bond donors (Lipinski definition) is 2. The fourth-order valence-electron chi connectivity index (χ4n) is 2.07. The van der Waals surface area contributed by atoms with Gasteiger partial charge in [0.2, 0.25) is 0 Å². The molecule has 0 bridgehead atoms. The van der Waals surface area contributed by atoms with Crippen LogP contribution in [0.25, 0.3) is 12.2 Å². The number of hydrogen-bond acceptors (Lipinski definition) is 4. The highest BCUT2D eigenvalue weighted by Gasteiger charge is 2.13. The lowest BCUT2D eigenvalue weighted by Gasteiger charge is -2.08. The Kier molecular flexibility index (Phi) is 4.85. The molecule has 23 heavy (non-hydrogen) atoms. The Morgan fingerprint density at radius 1 is 1.13 bits per heavy atom. The summed E-state index contributed by atoms with van der Waals surface area (Å²) >= 11 is 0. The number of carbonyl (C=O) groups is 1. The highest BCUT2D eigenvalue weighted by molar-refractivity contribution is 5.97. The van der Waals surface area contributed by atoms with E-state index in [1.165, 1.54) is 13.2 Å². The largest absolute Gasteiger partial charge is 0.506 e. The first-order chi connectivity index (χ1) is 11.0. The van der Waals surface area contributed by atoms with Crippen LogP contribution in [0.15, 0.2) is 30.3 Å². The Labute approximate surface area is 132 Å². The molecular formula is C17H16FNO4. The van der Waals surface area contributed by atoms with Gasteiger partial charge in [-0.2, -0.15) is 0 Å². The van der Waals surface area contributed by atoms with Crippen molar-refractivity contribution in [3.8, 4) is 17.2 Å². The minimum absolute atomic E-state index is 0.136. The van der Waals surface area contributed by atoms with Gasteiger partial charge in [-0.25, -0.2) is 4.39 Å². The SMILES string of the molecule is COc1ccc(/C=C/c2cc(F)cc(C(N)=O)c2O)c(OC)c1. The summed E-state index contributed by atoms with van der Waals surface area (Å²) in [6.07, 6.45) is 3.09. The zero-order valence-electron chi connectivity index (χ0n) is 12.7. The summed E-state index contributed by atoms with van der Waals surface area (Å²) in [4.78, 5) is 11.2. The normalized spacial score (nSPS) is 10.7. The van der Waals surface area contributed by atoms with Gasteiger partial charge in [0, 0.05) is 17.2 Å². The van der Waals surface area contributed by atoms with E-state index in [0.717, 1.165) is 12.1 Å². The van der Waals surface area contributed by atoms with Crippen LogP contribution in [0.2, 0.25) is 0 Å². The summed E-state index contributed by atoms with van der Waals surface area (Å²) in [5, 5.41) is 10.0. The second-order valence-electron chi connectivity index (χ2n) is 4.70. The van der Waals surface area contributed by atoms with Gasteiger partial charge in [0.15, 0.2) is 0 Å². The minimum atomic E-state index is -0.904. The van der Waals surface area contributed by atoms with E-state index in [4.69, 9.17) is 15.2 Å². The first-order valence-corrected chi connectivity index (χ1v) is 6.68. The Morgan fingerprint density at radius 2 is 1.83 bits per heavy atom. The van der Waals surface area contributed by atoms with Crippen molar-refractivity contribution in [1.82, 2.24) is 0 Å². The molecule has 2 rings (SSSR count). The number of amides is 1. The maximum atomic E-state index is 13.5. The smallest absolute Gasteiger partial charge is 0.252 e. The quantitative estimate of drug-likeness (QED) is 0.831. The molecule has 6 heteroatoms. The number of benzene rings is 2. The molecule has 5 nitrogen and oxygen atoms in total. The number of carbonyl (C=O) groups excluding carboxylic acids is 1. The van der Waals surface area contributed by atoms with Crippen LogP contribution < -0.4 is 15.2 Å². The number of primary amides is 1. The van der Waals surface area contributed by atoms with Crippen LogP contribution in [0.4, 0.5) is 4.39 Å². The van der Waals surface area contributed by atoms with E-state index in [9.17, 15) is 14.3 Å². The number of nitrogens with two attached hydrogens (primary N) is 1. The van der Waals surface area contributed by atoms with Crippen LogP contribution in [0.3, 0.4) is 0 Å². The monoisotopic (exact) mass is 317 g/mol. The van der Waals surface area contributed by atoms with Gasteiger partial charge in [-0.3, -0.25) is 4.79 Å². The molecule has 0 fully saturated rings. The van der Waals surface area contributed by atoms with Gasteiger partial charge >= 0.3 is 0 Å². The van der Waals surface area contributed by atoms with Crippen LogP contribution in [0.5, 0.6) is 17.2 Å². The molecule has 1 amide bonds. The van der Waals surface area contributed by atoms with E-state index in [0.29, 0.717) is 17.1 Å². The van der Waals surface area contributed by atoms with Gasteiger partial charge in [-0.1, -0.05) is 12.2 Å². The number of methoxy groups -OCH3 is 2. The van der Waals surface area contributed by atoms with Gasteiger partial charge in [0.1, 0.15) is 23.1 Å². The highest BCUT2D eigenvalue weighted by Crippen LogP contribution is 2.29. The molecule has 0 radical (unpaired) electrons. The Hall–Kier alpha value is -3.02. The van der Waals surface area contributed by atoms with Crippen molar-refractivity contribution in [2.24, 2.45) is 5.73 Å². The number of aromatic hydroxyl groups is 1. The van der Waals surface area contributed by atoms with Crippen molar-refractivity contribution in [3.63, 3.8) is 0 Å². The Balaban J connectivity index is 2.43. The van der Waals surface area contributed by atoms with Gasteiger partial charge in [-0.15, -0.1) is 0 Å². The molecule has 0 aliphatic heterocycles. The highest BCUT2D eigenvalue weighted by atomic mass is 19.1. The van der Waals surface area contributed by atoms with Gasteiger partial charge in [-0.05, 0) is 24.3 Å². The van der Waals surface area contributed by atoms with Crippen molar-refractivity contribution >= 4 is 18.1 Å². The average molecular weight is 317 g/mol. The van der Waals surface area contributed by atoms with E-state index in [-0.39, 0.29) is 16.9 Å². The third-order valence-corrected chi connectivity index (χ3v) is 3.25. The minimum Gasteiger partial charge on any atom is -0.506 e. The van der Waals surface area contributed by atoms with E-state index in [1.807, 2.05) is 0 Å². The summed E-state index contributed by atoms with van der Waals surface area (Å²) in [6.45, 7) is 0. The predicted molar refractivity (Wildman–Crippen MR) is 85.1 cm³/mol. The van der Waals surface area contributed by atoms with Crippen molar-refractivity contribution in [2.75, 3.05) is 14.2 Å². The number of phenols is 1. The lowest BCUT2D eigenvalue weighted by Crippen LogP contribution is -2.11. The van der Waals surface area contributed by atoms with Crippen molar-refractivity contribution in [1.29, 1.82) is 0 Å². The van der Waals surface area contributed by atoms with Crippen molar-refractivity contribution < 1.29 is 23.8 Å². The first-order valence-electron chi connectivity index (χ1n) is 6.68. The molecule has 0 atom stereocenters. The topological polar surface area (TPSA) is 81.8 Å². The molecule has 3 N–H and O–H groups in total. The summed E-state index contributed by atoms with van der Waals surface area (Å²) < 4.78 is 23.9.